The average Bonchev–Trinajstić information content (AvgIpc) is 2.42. The Hall–Kier alpha value is -2.11. The van der Waals surface area contributed by atoms with Crippen molar-refractivity contribution in [3.05, 3.63) is 32.4 Å². The van der Waals surface area contributed by atoms with E-state index in [4.69, 9.17) is 9.15 Å². The molecule has 2 aromatic heterocycles. The molecule has 0 unspecified atom stereocenters. The second kappa shape index (κ2) is 6.34. The molecule has 1 saturated carbocycles. The number of nitrogens with one attached hydrogen (secondary N) is 1. The summed E-state index contributed by atoms with van der Waals surface area (Å²) in [5.74, 6) is 0.710. The van der Waals surface area contributed by atoms with Crippen molar-refractivity contribution in [1.82, 2.24) is 9.97 Å². The Balaban J connectivity index is 1.96. The Morgan fingerprint density at radius 3 is 2.91 bits per heavy atom. The average molecular weight is 304 g/mol. The molecule has 0 aromatic carbocycles. The number of fused-ring (bicyclic) bond motifs is 1. The summed E-state index contributed by atoms with van der Waals surface area (Å²) in [6.45, 7) is 2.40. The molecule has 1 aliphatic rings. The molecule has 0 amide bonds. The van der Waals surface area contributed by atoms with E-state index in [9.17, 15) is 9.59 Å². The van der Waals surface area contributed by atoms with Gasteiger partial charge in [-0.1, -0.05) is 26.2 Å². The van der Waals surface area contributed by atoms with Crippen LogP contribution in [0.5, 0.6) is 6.01 Å². The lowest BCUT2D eigenvalue weighted by atomic mass is 9.81. The van der Waals surface area contributed by atoms with Gasteiger partial charge in [-0.3, -0.25) is 9.78 Å². The molecule has 0 spiro atoms. The second-order valence-corrected chi connectivity index (χ2v) is 5.83. The van der Waals surface area contributed by atoms with Gasteiger partial charge in [-0.15, -0.1) is 0 Å². The Morgan fingerprint density at radius 2 is 2.23 bits per heavy atom. The van der Waals surface area contributed by atoms with E-state index >= 15 is 0 Å². The van der Waals surface area contributed by atoms with E-state index in [-0.39, 0.29) is 17.3 Å². The van der Waals surface area contributed by atoms with E-state index in [0.717, 1.165) is 12.8 Å². The summed E-state index contributed by atoms with van der Waals surface area (Å²) in [4.78, 5) is 30.7. The van der Waals surface area contributed by atoms with Crippen LogP contribution in [0.2, 0.25) is 0 Å². The van der Waals surface area contributed by atoms with Gasteiger partial charge in [0.2, 0.25) is 5.71 Å². The van der Waals surface area contributed by atoms with Crippen LogP contribution in [0.1, 0.15) is 44.6 Å². The zero-order valence-electron chi connectivity index (χ0n) is 12.7. The predicted molar refractivity (Wildman–Crippen MR) is 82.3 cm³/mol. The highest BCUT2D eigenvalue weighted by molar-refractivity contribution is 5.75. The third kappa shape index (κ3) is 3.05. The van der Waals surface area contributed by atoms with Crippen molar-refractivity contribution in [2.45, 2.75) is 45.4 Å². The zero-order valence-corrected chi connectivity index (χ0v) is 12.7. The van der Waals surface area contributed by atoms with Crippen molar-refractivity contribution in [1.29, 1.82) is 0 Å². The number of rotatable bonds is 6. The van der Waals surface area contributed by atoms with Gasteiger partial charge in [0.15, 0.2) is 0 Å². The molecule has 118 valence electrons. The zero-order chi connectivity index (χ0) is 15.5. The lowest BCUT2D eigenvalue weighted by molar-refractivity contribution is 0.290. The Bertz CT molecular complexity index is 774. The fourth-order valence-corrected chi connectivity index (χ4v) is 2.73. The van der Waals surface area contributed by atoms with Crippen molar-refractivity contribution in [2.75, 3.05) is 6.61 Å². The SMILES string of the molecule is CCCOc1nc2oc(=O)cc(CCC3CCC3)c2c(=O)[nH]1. The van der Waals surface area contributed by atoms with Crippen LogP contribution in [0.25, 0.3) is 11.1 Å². The fraction of sp³-hybridized carbons (Fsp3) is 0.562. The number of aryl methyl sites for hydroxylation is 1. The molecule has 22 heavy (non-hydrogen) atoms. The normalized spacial score (nSPS) is 15.0. The standard InChI is InChI=1S/C16H20N2O4/c1-2-8-21-16-17-14(20)13-11(7-6-10-4-3-5-10)9-12(19)22-15(13)18-16/h9-10H,2-8H2,1H3,(H,17,18,20). The molecule has 2 heterocycles. The summed E-state index contributed by atoms with van der Waals surface area (Å²) in [6.07, 6.45) is 6.25. The van der Waals surface area contributed by atoms with Crippen LogP contribution >= 0.6 is 0 Å². The van der Waals surface area contributed by atoms with E-state index in [0.29, 0.717) is 29.9 Å². The summed E-state index contributed by atoms with van der Waals surface area (Å²) >= 11 is 0. The van der Waals surface area contributed by atoms with Crippen LogP contribution in [-0.2, 0) is 6.42 Å². The molecule has 1 N–H and O–H groups in total. The van der Waals surface area contributed by atoms with Crippen molar-refractivity contribution in [2.24, 2.45) is 5.92 Å². The molecule has 1 aliphatic carbocycles. The monoisotopic (exact) mass is 304 g/mol. The van der Waals surface area contributed by atoms with Gasteiger partial charge in [0.05, 0.1) is 6.61 Å². The summed E-state index contributed by atoms with van der Waals surface area (Å²) < 4.78 is 10.4. The Morgan fingerprint density at radius 1 is 1.41 bits per heavy atom. The summed E-state index contributed by atoms with van der Waals surface area (Å²) in [7, 11) is 0. The van der Waals surface area contributed by atoms with Gasteiger partial charge in [-0.25, -0.2) is 4.79 Å². The topological polar surface area (TPSA) is 85.2 Å². The van der Waals surface area contributed by atoms with Gasteiger partial charge in [0, 0.05) is 6.07 Å². The lowest BCUT2D eigenvalue weighted by Gasteiger charge is -2.25. The molecule has 1 fully saturated rings. The van der Waals surface area contributed by atoms with Crippen molar-refractivity contribution in [3.63, 3.8) is 0 Å². The molecular formula is C16H20N2O4. The number of hydrogen-bond acceptors (Lipinski definition) is 5. The highest BCUT2D eigenvalue weighted by Crippen LogP contribution is 2.31. The molecule has 6 nitrogen and oxygen atoms in total. The second-order valence-electron chi connectivity index (χ2n) is 5.83. The molecule has 6 heteroatoms. The van der Waals surface area contributed by atoms with Crippen LogP contribution in [0.4, 0.5) is 0 Å². The Kier molecular flexibility index (Phi) is 4.27. The van der Waals surface area contributed by atoms with Crippen LogP contribution < -0.4 is 15.9 Å². The van der Waals surface area contributed by atoms with Gasteiger partial charge in [-0.2, -0.15) is 4.98 Å². The van der Waals surface area contributed by atoms with Crippen molar-refractivity contribution < 1.29 is 9.15 Å². The highest BCUT2D eigenvalue weighted by Gasteiger charge is 2.19. The minimum atomic E-state index is -0.476. The Labute approximate surface area is 127 Å². The number of aromatic nitrogens is 2. The van der Waals surface area contributed by atoms with Crippen LogP contribution in [-0.4, -0.2) is 16.6 Å². The first-order chi connectivity index (χ1) is 10.7. The van der Waals surface area contributed by atoms with Gasteiger partial charge in [0.25, 0.3) is 11.6 Å². The summed E-state index contributed by atoms with van der Waals surface area (Å²) in [5.41, 5.74) is -0.0148. The summed E-state index contributed by atoms with van der Waals surface area (Å²) in [6, 6.07) is 1.50. The minimum absolute atomic E-state index is 0.0611. The van der Waals surface area contributed by atoms with Crippen LogP contribution in [0.15, 0.2) is 20.1 Å². The molecule has 0 aliphatic heterocycles. The van der Waals surface area contributed by atoms with E-state index in [1.807, 2.05) is 6.92 Å². The fourth-order valence-electron chi connectivity index (χ4n) is 2.73. The number of aromatic amines is 1. The van der Waals surface area contributed by atoms with Crippen LogP contribution in [0.3, 0.4) is 0 Å². The molecule has 0 atom stereocenters. The molecule has 0 radical (unpaired) electrons. The summed E-state index contributed by atoms with van der Waals surface area (Å²) in [5, 5.41) is 0.364. The van der Waals surface area contributed by atoms with Gasteiger partial charge in [0.1, 0.15) is 5.39 Å². The third-order valence-electron chi connectivity index (χ3n) is 4.16. The molecule has 3 rings (SSSR count). The third-order valence-corrected chi connectivity index (χ3v) is 4.16. The number of ether oxygens (including phenoxy) is 1. The molecular weight excluding hydrogens is 284 g/mol. The smallest absolute Gasteiger partial charge is 0.337 e. The predicted octanol–water partition coefficient (Wildman–Crippen LogP) is 2.40. The first-order valence-electron chi connectivity index (χ1n) is 7.87. The van der Waals surface area contributed by atoms with E-state index in [1.165, 1.54) is 25.3 Å². The number of hydrogen-bond donors (Lipinski definition) is 1. The van der Waals surface area contributed by atoms with Crippen LogP contribution in [0, 0.1) is 5.92 Å². The molecule has 0 saturated heterocycles. The maximum absolute atomic E-state index is 12.3. The first-order valence-corrected chi connectivity index (χ1v) is 7.87. The van der Waals surface area contributed by atoms with E-state index < -0.39 is 5.63 Å². The van der Waals surface area contributed by atoms with Crippen molar-refractivity contribution in [3.8, 4) is 6.01 Å². The van der Waals surface area contributed by atoms with Gasteiger partial charge >= 0.3 is 5.63 Å². The maximum atomic E-state index is 12.3. The lowest BCUT2D eigenvalue weighted by Crippen LogP contribution is -2.17. The largest absolute Gasteiger partial charge is 0.465 e. The molecule has 2 aromatic rings. The number of nitrogens with zero attached hydrogens (tertiary/aromatic N) is 1. The number of H-pyrrole nitrogens is 1. The first kappa shape index (κ1) is 14.8. The minimum Gasteiger partial charge on any atom is -0.465 e. The maximum Gasteiger partial charge on any atom is 0.337 e. The van der Waals surface area contributed by atoms with Crippen molar-refractivity contribution >= 4 is 11.1 Å². The van der Waals surface area contributed by atoms with E-state index in [1.54, 1.807) is 0 Å². The van der Waals surface area contributed by atoms with Gasteiger partial charge in [-0.05, 0) is 30.7 Å². The highest BCUT2D eigenvalue weighted by atomic mass is 16.5. The quantitative estimate of drug-likeness (QED) is 0.885. The van der Waals surface area contributed by atoms with Gasteiger partial charge < -0.3 is 9.15 Å². The molecule has 0 bridgehead atoms. The van der Waals surface area contributed by atoms with E-state index in [2.05, 4.69) is 9.97 Å².